The van der Waals surface area contributed by atoms with Gasteiger partial charge < -0.3 is 38.9 Å². The lowest BCUT2D eigenvalue weighted by Gasteiger charge is -2.46. The third-order valence-corrected chi connectivity index (χ3v) is 17.8. The van der Waals surface area contributed by atoms with Crippen LogP contribution in [-0.2, 0) is 19.5 Å². The van der Waals surface area contributed by atoms with E-state index in [1.54, 1.807) is 43.1 Å². The van der Waals surface area contributed by atoms with Crippen molar-refractivity contribution >= 4 is 31.2 Å². The van der Waals surface area contributed by atoms with Crippen molar-refractivity contribution in [3.63, 3.8) is 0 Å². The van der Waals surface area contributed by atoms with E-state index in [-0.39, 0.29) is 47.1 Å². The molecule has 0 saturated carbocycles. The average molecular weight is 862 g/mol. The SMILES string of the molecule is COc1ccc(C(OC[C@@](CO)(CO[Si](C(C)C)(C(C)C)C(C)C)OC(CO)n2cnc3c(NC(=O)c4ccccc4)ncnc32)(c2ccccc2)c2ccc(OC)cc2)cc1. The highest BCUT2D eigenvalue weighted by molar-refractivity contribution is 6.77. The van der Waals surface area contributed by atoms with Crippen molar-refractivity contribution in [3.05, 3.63) is 144 Å². The van der Waals surface area contributed by atoms with Gasteiger partial charge in [0.05, 0.1) is 47.0 Å². The Hall–Kier alpha value is -5.48. The quantitative estimate of drug-likeness (QED) is 0.0470. The first-order chi connectivity index (χ1) is 29.9. The second-order valence-electron chi connectivity index (χ2n) is 16.4. The Balaban J connectivity index is 1.48. The fourth-order valence-electron chi connectivity index (χ4n) is 8.70. The van der Waals surface area contributed by atoms with Crippen LogP contribution in [0.1, 0.15) is 74.8 Å². The Kier molecular flexibility index (Phi) is 15.0. The molecule has 0 fully saturated rings. The van der Waals surface area contributed by atoms with Gasteiger partial charge in [-0.05, 0) is 69.7 Å². The third kappa shape index (κ3) is 9.31. The van der Waals surface area contributed by atoms with Gasteiger partial charge >= 0.3 is 0 Å². The zero-order valence-electron chi connectivity index (χ0n) is 36.8. The fourth-order valence-corrected chi connectivity index (χ4v) is 14.2. The molecule has 2 heterocycles. The zero-order chi connectivity index (χ0) is 44.5. The molecule has 2 atom stereocenters. The number of anilines is 1. The number of hydrogen-bond acceptors (Lipinski definition) is 11. The van der Waals surface area contributed by atoms with Gasteiger partial charge in [0.15, 0.2) is 31.5 Å². The van der Waals surface area contributed by atoms with Crippen LogP contribution in [-0.4, -0.2) is 90.2 Å². The first-order valence-electron chi connectivity index (χ1n) is 20.9. The largest absolute Gasteiger partial charge is 0.497 e. The van der Waals surface area contributed by atoms with E-state index < -0.39 is 39.0 Å². The minimum atomic E-state index is -2.58. The molecule has 62 heavy (non-hydrogen) atoms. The molecule has 1 amide bonds. The standard InChI is InChI=1S/C48H59N5O8Si/c1-33(2)62(34(3)4,35(5)6)60-30-47(28-55,61-42(27-54)53-32-51-43-44(49-31-50-45(43)53)52-46(56)36-15-11-9-12-16-36)29-59-48(37-17-13-10-14-18-37,38-19-23-40(57-7)24-20-38)39-21-25-41(58-8)26-22-39/h9-26,31-35,42,54-55H,27-30H2,1-8H3,(H,49,50,52,56)/t42?,47-/m0/s1. The van der Waals surface area contributed by atoms with E-state index in [9.17, 15) is 15.0 Å². The van der Waals surface area contributed by atoms with E-state index in [2.05, 4.69) is 61.8 Å². The first-order valence-corrected chi connectivity index (χ1v) is 23.1. The molecule has 0 saturated heterocycles. The van der Waals surface area contributed by atoms with Gasteiger partial charge in [-0.1, -0.05) is 114 Å². The average Bonchev–Trinajstić information content (AvgIpc) is 3.74. The summed E-state index contributed by atoms with van der Waals surface area (Å²) in [7, 11) is 0.661. The van der Waals surface area contributed by atoms with Crippen molar-refractivity contribution < 1.29 is 38.4 Å². The van der Waals surface area contributed by atoms with Crippen LogP contribution >= 0.6 is 0 Å². The third-order valence-electron chi connectivity index (χ3n) is 11.8. The van der Waals surface area contributed by atoms with Crippen LogP contribution in [0.5, 0.6) is 11.5 Å². The summed E-state index contributed by atoms with van der Waals surface area (Å²) in [6.07, 6.45) is 1.64. The molecule has 1 unspecified atom stereocenters. The predicted octanol–water partition coefficient (Wildman–Crippen LogP) is 8.54. The number of aromatic nitrogens is 4. The van der Waals surface area contributed by atoms with Crippen molar-refractivity contribution in [2.24, 2.45) is 0 Å². The number of nitrogens with one attached hydrogen (secondary N) is 1. The summed E-state index contributed by atoms with van der Waals surface area (Å²) in [4.78, 5) is 26.6. The molecule has 0 aliphatic rings. The summed E-state index contributed by atoms with van der Waals surface area (Å²) < 4.78 is 34.3. The maximum atomic E-state index is 13.2. The second kappa shape index (κ2) is 20.1. The van der Waals surface area contributed by atoms with Gasteiger partial charge in [-0.2, -0.15) is 0 Å². The molecular weight excluding hydrogens is 803 g/mol. The summed E-state index contributed by atoms with van der Waals surface area (Å²) in [5.74, 6) is 1.17. The first kappa shape index (κ1) is 46.0. The number of imidazole rings is 1. The van der Waals surface area contributed by atoms with Gasteiger partial charge in [-0.25, -0.2) is 15.0 Å². The Bertz CT molecular complexity index is 2270. The van der Waals surface area contributed by atoms with Crippen molar-refractivity contribution in [1.29, 1.82) is 0 Å². The van der Waals surface area contributed by atoms with Gasteiger partial charge in [0.25, 0.3) is 5.91 Å². The van der Waals surface area contributed by atoms with Crippen LogP contribution in [0.15, 0.2) is 122 Å². The molecule has 0 aliphatic heterocycles. The lowest BCUT2D eigenvalue weighted by Crippen LogP contribution is -2.56. The minimum absolute atomic E-state index is 0.0587. The molecule has 6 rings (SSSR count). The second-order valence-corrected chi connectivity index (χ2v) is 21.8. The number of nitrogens with zero attached hydrogens (tertiary/aromatic N) is 4. The number of benzene rings is 4. The van der Waals surface area contributed by atoms with Crippen molar-refractivity contribution in [3.8, 4) is 11.5 Å². The molecule has 3 N–H and O–H groups in total. The smallest absolute Gasteiger partial charge is 0.256 e. The van der Waals surface area contributed by atoms with E-state index in [1.807, 2.05) is 84.9 Å². The van der Waals surface area contributed by atoms with Gasteiger partial charge in [0, 0.05) is 5.56 Å². The fraction of sp³-hybridized carbons (Fsp3) is 0.375. The highest BCUT2D eigenvalue weighted by Crippen LogP contribution is 2.45. The van der Waals surface area contributed by atoms with Crippen LogP contribution in [0.4, 0.5) is 5.82 Å². The molecule has 14 heteroatoms. The van der Waals surface area contributed by atoms with Crippen molar-refractivity contribution in [2.45, 2.75) is 75.6 Å². The molecule has 0 aliphatic carbocycles. The Morgan fingerprint density at radius 1 is 0.710 bits per heavy atom. The highest BCUT2D eigenvalue weighted by Gasteiger charge is 2.49. The summed E-state index contributed by atoms with van der Waals surface area (Å²) in [5.41, 5.74) is 1.24. The Morgan fingerprint density at radius 2 is 1.24 bits per heavy atom. The monoisotopic (exact) mass is 861 g/mol. The molecule has 4 aromatic carbocycles. The Morgan fingerprint density at radius 3 is 1.74 bits per heavy atom. The van der Waals surface area contributed by atoms with Crippen LogP contribution < -0.4 is 14.8 Å². The number of ether oxygens (including phenoxy) is 4. The van der Waals surface area contributed by atoms with Gasteiger partial charge in [-0.3, -0.25) is 9.36 Å². The lowest BCUT2D eigenvalue weighted by atomic mass is 9.79. The minimum Gasteiger partial charge on any atom is -0.497 e. The van der Waals surface area contributed by atoms with Crippen molar-refractivity contribution in [1.82, 2.24) is 19.5 Å². The summed E-state index contributed by atoms with van der Waals surface area (Å²) in [6.45, 7) is 11.8. The molecule has 0 bridgehead atoms. The summed E-state index contributed by atoms with van der Waals surface area (Å²) in [6, 6.07) is 34.0. The number of carbonyl (C=O) groups excluding carboxylic acids is 1. The summed E-state index contributed by atoms with van der Waals surface area (Å²) >= 11 is 0. The molecule has 0 radical (unpaired) electrons. The lowest BCUT2D eigenvalue weighted by molar-refractivity contribution is -0.210. The number of amides is 1. The number of aliphatic hydroxyl groups is 2. The van der Waals surface area contributed by atoms with Crippen LogP contribution in [0.2, 0.25) is 16.6 Å². The number of rotatable bonds is 21. The number of methoxy groups -OCH3 is 2. The predicted molar refractivity (Wildman–Crippen MR) is 242 cm³/mol. The molecule has 13 nitrogen and oxygen atoms in total. The molecule has 2 aromatic heterocycles. The Labute approximate surface area is 365 Å². The highest BCUT2D eigenvalue weighted by atomic mass is 28.4. The van der Waals surface area contributed by atoms with Gasteiger partial charge in [0.2, 0.25) is 0 Å². The van der Waals surface area contributed by atoms with Crippen LogP contribution in [0.3, 0.4) is 0 Å². The number of fused-ring (bicyclic) bond motifs is 1. The number of aliphatic hydroxyl groups excluding tert-OH is 2. The van der Waals surface area contributed by atoms with E-state index in [0.29, 0.717) is 22.7 Å². The van der Waals surface area contributed by atoms with E-state index in [1.165, 1.54) is 12.7 Å². The maximum absolute atomic E-state index is 13.2. The topological polar surface area (TPSA) is 159 Å². The summed E-state index contributed by atoms with van der Waals surface area (Å²) in [5, 5.41) is 25.8. The molecular formula is C48H59N5O8Si. The van der Waals surface area contributed by atoms with Crippen LogP contribution in [0, 0.1) is 0 Å². The normalized spacial score (nSPS) is 13.7. The van der Waals surface area contributed by atoms with Crippen molar-refractivity contribution in [2.75, 3.05) is 46.0 Å². The molecule has 328 valence electrons. The molecule has 0 spiro atoms. The molecule has 6 aromatic rings. The maximum Gasteiger partial charge on any atom is 0.256 e. The van der Waals surface area contributed by atoms with Gasteiger partial charge in [-0.15, -0.1) is 0 Å². The number of carbonyl (C=O) groups is 1. The van der Waals surface area contributed by atoms with E-state index in [0.717, 1.165) is 16.7 Å². The van der Waals surface area contributed by atoms with E-state index in [4.69, 9.17) is 23.4 Å². The number of hydrogen-bond donors (Lipinski definition) is 3. The van der Waals surface area contributed by atoms with Gasteiger partial charge in [0.1, 0.15) is 29.0 Å². The van der Waals surface area contributed by atoms with Crippen LogP contribution in [0.25, 0.3) is 11.2 Å². The zero-order valence-corrected chi connectivity index (χ0v) is 37.8. The van der Waals surface area contributed by atoms with E-state index >= 15 is 0 Å².